The fourth-order valence-electron chi connectivity index (χ4n) is 1.67. The molecule has 2 aromatic rings. The minimum atomic E-state index is 0.779. The molecule has 0 N–H and O–H groups in total. The number of aromatic nitrogens is 3. The summed E-state index contributed by atoms with van der Waals surface area (Å²) >= 11 is 0. The van der Waals surface area contributed by atoms with E-state index < -0.39 is 0 Å². The van der Waals surface area contributed by atoms with Crippen molar-refractivity contribution in [3.8, 4) is 0 Å². The molecule has 0 radical (unpaired) electrons. The van der Waals surface area contributed by atoms with E-state index in [1.54, 1.807) is 0 Å². The average Bonchev–Trinajstić information content (AvgIpc) is 2.46. The Morgan fingerprint density at radius 1 is 1.06 bits per heavy atom. The lowest BCUT2D eigenvalue weighted by Crippen LogP contribution is -2.22. The molecule has 0 fully saturated rings. The number of aryl methyl sites for hydroxylation is 1. The third-order valence-corrected chi connectivity index (χ3v) is 2.93. The predicted octanol–water partition coefficient (Wildman–Crippen LogP) is 2.11. The topological polar surface area (TPSA) is 41.9 Å². The lowest BCUT2D eigenvalue weighted by molar-refractivity contribution is 0.832. The summed E-state index contributed by atoms with van der Waals surface area (Å²) < 4.78 is 0. The van der Waals surface area contributed by atoms with Gasteiger partial charge in [-0.15, -0.1) is 0 Å². The molecular formula is C14H18N4. The largest absolute Gasteiger partial charge is 0.344 e. The number of likely N-dealkylation sites (N-methyl/N-ethyl adjacent to an activating group) is 1. The lowest BCUT2D eigenvalue weighted by atomic mass is 10.2. The summed E-state index contributed by atoms with van der Waals surface area (Å²) in [6.07, 6.45) is 9.37. The van der Waals surface area contributed by atoms with Gasteiger partial charge < -0.3 is 4.90 Å². The highest BCUT2D eigenvalue weighted by Crippen LogP contribution is 2.07. The Hall–Kier alpha value is -1.97. The summed E-state index contributed by atoms with van der Waals surface area (Å²) in [4.78, 5) is 14.8. The van der Waals surface area contributed by atoms with E-state index in [2.05, 4.69) is 26.8 Å². The van der Waals surface area contributed by atoms with Crippen molar-refractivity contribution in [1.29, 1.82) is 0 Å². The van der Waals surface area contributed by atoms with Crippen LogP contribution in [0.1, 0.15) is 18.1 Å². The van der Waals surface area contributed by atoms with Crippen LogP contribution in [0.5, 0.6) is 0 Å². The molecule has 0 atom stereocenters. The molecular weight excluding hydrogens is 224 g/mol. The minimum Gasteiger partial charge on any atom is -0.344 e. The van der Waals surface area contributed by atoms with Gasteiger partial charge in [-0.05, 0) is 36.1 Å². The van der Waals surface area contributed by atoms with E-state index in [0.29, 0.717) is 0 Å². The third-order valence-electron chi connectivity index (χ3n) is 2.93. The maximum Gasteiger partial charge on any atom is 0.225 e. The van der Waals surface area contributed by atoms with Gasteiger partial charge in [0.05, 0.1) is 0 Å². The van der Waals surface area contributed by atoms with Crippen LogP contribution in [0.2, 0.25) is 0 Å². The summed E-state index contributed by atoms with van der Waals surface area (Å²) in [5.41, 5.74) is 2.45. The molecule has 0 aliphatic carbocycles. The van der Waals surface area contributed by atoms with Crippen molar-refractivity contribution >= 4 is 5.95 Å². The molecule has 4 nitrogen and oxygen atoms in total. The van der Waals surface area contributed by atoms with Gasteiger partial charge in [0.2, 0.25) is 5.95 Å². The molecule has 0 bridgehead atoms. The Bertz CT molecular complexity index is 467. The minimum absolute atomic E-state index is 0.779. The van der Waals surface area contributed by atoms with E-state index >= 15 is 0 Å². The predicted molar refractivity (Wildman–Crippen MR) is 72.6 cm³/mol. The number of pyridine rings is 1. The van der Waals surface area contributed by atoms with Crippen molar-refractivity contribution in [2.45, 2.75) is 19.8 Å². The van der Waals surface area contributed by atoms with Crippen LogP contribution in [-0.4, -0.2) is 28.5 Å². The first kappa shape index (κ1) is 12.5. The van der Waals surface area contributed by atoms with Crippen molar-refractivity contribution in [3.63, 3.8) is 0 Å². The summed E-state index contributed by atoms with van der Waals surface area (Å²) in [6, 6.07) is 4.07. The van der Waals surface area contributed by atoms with Gasteiger partial charge in [0, 0.05) is 38.4 Å². The molecule has 2 heterocycles. The Morgan fingerprint density at radius 2 is 1.72 bits per heavy atom. The van der Waals surface area contributed by atoms with Crippen LogP contribution in [0.4, 0.5) is 5.95 Å². The van der Waals surface area contributed by atoms with Crippen LogP contribution in [0.15, 0.2) is 36.9 Å². The van der Waals surface area contributed by atoms with Crippen molar-refractivity contribution in [2.24, 2.45) is 0 Å². The summed E-state index contributed by atoms with van der Waals surface area (Å²) in [7, 11) is 2.02. The number of hydrogen-bond donors (Lipinski definition) is 0. The first-order valence-electron chi connectivity index (χ1n) is 6.20. The molecule has 0 saturated carbocycles. The zero-order valence-corrected chi connectivity index (χ0v) is 10.9. The van der Waals surface area contributed by atoms with Crippen molar-refractivity contribution in [1.82, 2.24) is 15.0 Å². The van der Waals surface area contributed by atoms with Crippen molar-refractivity contribution in [3.05, 3.63) is 48.0 Å². The first-order valence-corrected chi connectivity index (χ1v) is 6.20. The zero-order chi connectivity index (χ0) is 12.8. The molecule has 0 saturated heterocycles. The van der Waals surface area contributed by atoms with Crippen LogP contribution < -0.4 is 4.90 Å². The molecule has 0 aliphatic heterocycles. The monoisotopic (exact) mass is 242 g/mol. The van der Waals surface area contributed by atoms with E-state index in [0.717, 1.165) is 25.3 Å². The molecule has 2 aromatic heterocycles. The molecule has 0 aromatic carbocycles. The molecule has 0 spiro atoms. The molecule has 4 heteroatoms. The van der Waals surface area contributed by atoms with Crippen LogP contribution in [0.25, 0.3) is 0 Å². The fraction of sp³-hybridized carbons (Fsp3) is 0.357. The molecule has 18 heavy (non-hydrogen) atoms. The summed E-state index contributed by atoms with van der Waals surface area (Å²) in [5.74, 6) is 0.779. The third kappa shape index (κ3) is 3.26. The standard InChI is InChI=1S/C14H18N4/c1-3-12-10-16-14(17-11-12)18(2)9-6-13-4-7-15-8-5-13/h4-5,7-8,10-11H,3,6,9H2,1-2H3. The lowest BCUT2D eigenvalue weighted by Gasteiger charge is -2.16. The Labute approximate surface area is 108 Å². The van der Waals surface area contributed by atoms with Crippen molar-refractivity contribution in [2.75, 3.05) is 18.5 Å². The average molecular weight is 242 g/mol. The van der Waals surface area contributed by atoms with Gasteiger partial charge in [-0.3, -0.25) is 4.98 Å². The second-order valence-corrected chi connectivity index (χ2v) is 4.27. The highest BCUT2D eigenvalue weighted by atomic mass is 15.2. The maximum absolute atomic E-state index is 4.36. The van der Waals surface area contributed by atoms with Gasteiger partial charge in [0.25, 0.3) is 0 Å². The van der Waals surface area contributed by atoms with Crippen LogP contribution in [0, 0.1) is 0 Å². The molecule has 2 rings (SSSR count). The second kappa shape index (κ2) is 6.10. The van der Waals surface area contributed by atoms with Gasteiger partial charge >= 0.3 is 0 Å². The highest BCUT2D eigenvalue weighted by Gasteiger charge is 2.04. The van der Waals surface area contributed by atoms with E-state index in [4.69, 9.17) is 0 Å². The summed E-state index contributed by atoms with van der Waals surface area (Å²) in [5, 5.41) is 0. The zero-order valence-electron chi connectivity index (χ0n) is 10.9. The molecule has 94 valence electrons. The van der Waals surface area contributed by atoms with Gasteiger partial charge in [-0.2, -0.15) is 0 Å². The van der Waals surface area contributed by atoms with E-state index in [-0.39, 0.29) is 0 Å². The van der Waals surface area contributed by atoms with Crippen LogP contribution in [0.3, 0.4) is 0 Å². The van der Waals surface area contributed by atoms with Gasteiger partial charge in [-0.25, -0.2) is 9.97 Å². The molecule has 0 unspecified atom stereocenters. The SMILES string of the molecule is CCc1cnc(N(C)CCc2ccncc2)nc1. The fourth-order valence-corrected chi connectivity index (χ4v) is 1.67. The van der Waals surface area contributed by atoms with E-state index in [9.17, 15) is 0 Å². The Balaban J connectivity index is 1.93. The number of hydrogen-bond acceptors (Lipinski definition) is 4. The van der Waals surface area contributed by atoms with Gasteiger partial charge in [-0.1, -0.05) is 6.92 Å². The normalized spacial score (nSPS) is 10.3. The number of nitrogens with zero attached hydrogens (tertiary/aromatic N) is 4. The smallest absolute Gasteiger partial charge is 0.225 e. The Kier molecular flexibility index (Phi) is 4.23. The quantitative estimate of drug-likeness (QED) is 0.805. The number of rotatable bonds is 5. The first-order chi connectivity index (χ1) is 8.79. The second-order valence-electron chi connectivity index (χ2n) is 4.27. The highest BCUT2D eigenvalue weighted by molar-refractivity contribution is 5.29. The Morgan fingerprint density at radius 3 is 2.33 bits per heavy atom. The van der Waals surface area contributed by atoms with Gasteiger partial charge in [0.15, 0.2) is 0 Å². The summed E-state index contributed by atoms with van der Waals surface area (Å²) in [6.45, 7) is 3.00. The van der Waals surface area contributed by atoms with E-state index in [1.807, 2.05) is 44.0 Å². The van der Waals surface area contributed by atoms with Gasteiger partial charge in [0.1, 0.15) is 0 Å². The van der Waals surface area contributed by atoms with Crippen LogP contribution in [-0.2, 0) is 12.8 Å². The number of anilines is 1. The van der Waals surface area contributed by atoms with Crippen LogP contribution >= 0.6 is 0 Å². The molecule has 0 amide bonds. The van der Waals surface area contributed by atoms with E-state index in [1.165, 1.54) is 11.1 Å². The van der Waals surface area contributed by atoms with Crippen molar-refractivity contribution < 1.29 is 0 Å². The maximum atomic E-state index is 4.36. The molecule has 0 aliphatic rings.